The van der Waals surface area contributed by atoms with Gasteiger partial charge in [-0.2, -0.15) is 0 Å². The maximum absolute atomic E-state index is 2.30. The second-order valence-corrected chi connectivity index (χ2v) is 2.76. The molecule has 0 atom stereocenters. The Morgan fingerprint density at radius 3 is 2.40 bits per heavy atom. The zero-order valence-electron chi connectivity index (χ0n) is 7.65. The summed E-state index contributed by atoms with van der Waals surface area (Å²) in [6.07, 6.45) is 3.47. The molecule has 0 heterocycles. The Morgan fingerprint density at radius 2 is 2.00 bits per heavy atom. The van der Waals surface area contributed by atoms with Crippen LogP contribution in [0.1, 0.15) is 27.2 Å². The monoisotopic (exact) mass is 141 g/mol. The molecular formula is C9H19N. The molecular weight excluding hydrogens is 122 g/mol. The molecule has 0 aliphatic rings. The molecule has 0 spiro atoms. The zero-order chi connectivity index (χ0) is 7.98. The summed E-state index contributed by atoms with van der Waals surface area (Å²) in [5.74, 6) is 0. The summed E-state index contributed by atoms with van der Waals surface area (Å²) in [5, 5.41) is 0. The van der Waals surface area contributed by atoms with Crippen molar-refractivity contribution in [2.75, 3.05) is 20.1 Å². The Morgan fingerprint density at radius 1 is 1.40 bits per heavy atom. The van der Waals surface area contributed by atoms with E-state index in [1.807, 2.05) is 0 Å². The first-order chi connectivity index (χ1) is 4.70. The van der Waals surface area contributed by atoms with Crippen LogP contribution in [0.25, 0.3) is 0 Å². The maximum atomic E-state index is 2.30. The molecule has 0 aliphatic heterocycles. The smallest absolute Gasteiger partial charge is 0.0162 e. The highest BCUT2D eigenvalue weighted by molar-refractivity contribution is 4.97. The summed E-state index contributed by atoms with van der Waals surface area (Å²) in [5.41, 5.74) is 1.49. The minimum atomic E-state index is 1.09. The first kappa shape index (κ1) is 9.70. The minimum Gasteiger partial charge on any atom is -0.303 e. The Bertz CT molecular complexity index is 105. The van der Waals surface area contributed by atoms with Gasteiger partial charge in [0.2, 0.25) is 0 Å². The van der Waals surface area contributed by atoms with E-state index in [2.05, 4.69) is 38.8 Å². The molecule has 0 radical (unpaired) electrons. The summed E-state index contributed by atoms with van der Waals surface area (Å²) in [4.78, 5) is 2.29. The second-order valence-electron chi connectivity index (χ2n) is 2.76. The number of allylic oxidation sites excluding steroid dienone is 1. The molecule has 0 aliphatic carbocycles. The molecule has 0 saturated carbocycles. The predicted molar refractivity (Wildman–Crippen MR) is 47.2 cm³/mol. The fraction of sp³-hybridized carbons (Fsp3) is 0.778. The van der Waals surface area contributed by atoms with Crippen LogP contribution in [0.2, 0.25) is 0 Å². The van der Waals surface area contributed by atoms with Crippen LogP contribution in [0.15, 0.2) is 11.6 Å². The maximum Gasteiger partial charge on any atom is 0.0162 e. The summed E-state index contributed by atoms with van der Waals surface area (Å²) in [6, 6.07) is 0. The van der Waals surface area contributed by atoms with Crippen LogP contribution in [0.4, 0.5) is 0 Å². The largest absolute Gasteiger partial charge is 0.303 e. The van der Waals surface area contributed by atoms with Gasteiger partial charge in [0.25, 0.3) is 0 Å². The number of hydrogen-bond acceptors (Lipinski definition) is 1. The van der Waals surface area contributed by atoms with Crippen molar-refractivity contribution in [3.63, 3.8) is 0 Å². The Labute approximate surface area is 64.7 Å². The molecule has 10 heavy (non-hydrogen) atoms. The van der Waals surface area contributed by atoms with Gasteiger partial charge in [0.1, 0.15) is 0 Å². The molecule has 1 heteroatoms. The normalized spacial score (nSPS) is 12.7. The molecule has 0 amide bonds. The highest BCUT2D eigenvalue weighted by atomic mass is 15.1. The first-order valence-electron chi connectivity index (χ1n) is 4.04. The van der Waals surface area contributed by atoms with Crippen molar-refractivity contribution >= 4 is 0 Å². The van der Waals surface area contributed by atoms with Gasteiger partial charge in [0, 0.05) is 6.54 Å². The second kappa shape index (κ2) is 5.48. The fourth-order valence-corrected chi connectivity index (χ4v) is 0.585. The lowest BCUT2D eigenvalue weighted by Gasteiger charge is -2.10. The van der Waals surface area contributed by atoms with E-state index < -0.39 is 0 Å². The zero-order valence-corrected chi connectivity index (χ0v) is 7.65. The molecule has 0 fully saturated rings. The van der Waals surface area contributed by atoms with Crippen molar-refractivity contribution < 1.29 is 0 Å². The standard InChI is InChI=1S/C9H19N/c1-5-9(3)7-8-10(4)6-2/h7H,5-6,8H2,1-4H3/b9-7-. The van der Waals surface area contributed by atoms with Crippen molar-refractivity contribution in [1.29, 1.82) is 0 Å². The third-order valence-electron chi connectivity index (χ3n) is 1.85. The molecule has 0 rings (SSSR count). The Kier molecular flexibility index (Phi) is 5.32. The van der Waals surface area contributed by atoms with Gasteiger partial charge in [-0.3, -0.25) is 0 Å². The van der Waals surface area contributed by atoms with Gasteiger partial charge < -0.3 is 4.90 Å². The van der Waals surface area contributed by atoms with Crippen LogP contribution < -0.4 is 0 Å². The van der Waals surface area contributed by atoms with E-state index >= 15 is 0 Å². The van der Waals surface area contributed by atoms with Crippen molar-refractivity contribution in [3.8, 4) is 0 Å². The summed E-state index contributed by atoms with van der Waals surface area (Å²) in [7, 11) is 2.14. The average molecular weight is 141 g/mol. The van der Waals surface area contributed by atoms with Gasteiger partial charge in [0.05, 0.1) is 0 Å². The summed E-state index contributed by atoms with van der Waals surface area (Å²) < 4.78 is 0. The average Bonchev–Trinajstić information content (AvgIpc) is 1.99. The highest BCUT2D eigenvalue weighted by Crippen LogP contribution is 1.97. The van der Waals surface area contributed by atoms with Crippen molar-refractivity contribution in [2.45, 2.75) is 27.2 Å². The Hall–Kier alpha value is -0.300. The van der Waals surface area contributed by atoms with E-state index in [0.29, 0.717) is 0 Å². The van der Waals surface area contributed by atoms with E-state index in [4.69, 9.17) is 0 Å². The fourth-order valence-electron chi connectivity index (χ4n) is 0.585. The molecule has 0 aromatic heterocycles. The van der Waals surface area contributed by atoms with E-state index in [9.17, 15) is 0 Å². The molecule has 0 unspecified atom stereocenters. The Balaban J connectivity index is 3.50. The lowest BCUT2D eigenvalue weighted by Crippen LogP contribution is -2.17. The highest BCUT2D eigenvalue weighted by Gasteiger charge is 1.89. The first-order valence-corrected chi connectivity index (χ1v) is 4.04. The topological polar surface area (TPSA) is 3.24 Å². The molecule has 1 nitrogen and oxygen atoms in total. The SMILES string of the molecule is CC/C(C)=C\CN(C)CC. The number of hydrogen-bond donors (Lipinski definition) is 0. The number of likely N-dealkylation sites (N-methyl/N-ethyl adjacent to an activating group) is 1. The van der Waals surface area contributed by atoms with Gasteiger partial charge in [-0.05, 0) is 26.9 Å². The van der Waals surface area contributed by atoms with Crippen LogP contribution >= 0.6 is 0 Å². The molecule has 0 aromatic carbocycles. The third kappa shape index (κ3) is 4.57. The van der Waals surface area contributed by atoms with Crippen LogP contribution in [-0.2, 0) is 0 Å². The van der Waals surface area contributed by atoms with Crippen LogP contribution in [0, 0.1) is 0 Å². The van der Waals surface area contributed by atoms with Gasteiger partial charge >= 0.3 is 0 Å². The van der Waals surface area contributed by atoms with Crippen molar-refractivity contribution in [1.82, 2.24) is 4.90 Å². The van der Waals surface area contributed by atoms with Gasteiger partial charge in [-0.15, -0.1) is 0 Å². The predicted octanol–water partition coefficient (Wildman–Crippen LogP) is 2.29. The van der Waals surface area contributed by atoms with Crippen molar-refractivity contribution in [3.05, 3.63) is 11.6 Å². The lowest BCUT2D eigenvalue weighted by molar-refractivity contribution is 0.391. The molecule has 0 N–H and O–H groups in total. The third-order valence-corrected chi connectivity index (χ3v) is 1.85. The van der Waals surface area contributed by atoms with E-state index in [1.165, 1.54) is 12.0 Å². The molecule has 0 saturated heterocycles. The van der Waals surface area contributed by atoms with Gasteiger partial charge in [0.15, 0.2) is 0 Å². The molecule has 60 valence electrons. The summed E-state index contributed by atoms with van der Waals surface area (Å²) >= 11 is 0. The molecule has 0 bridgehead atoms. The quantitative estimate of drug-likeness (QED) is 0.543. The van der Waals surface area contributed by atoms with Crippen LogP contribution in [0.5, 0.6) is 0 Å². The van der Waals surface area contributed by atoms with Gasteiger partial charge in [-0.25, -0.2) is 0 Å². The van der Waals surface area contributed by atoms with Crippen molar-refractivity contribution in [2.24, 2.45) is 0 Å². The van der Waals surface area contributed by atoms with Crippen LogP contribution in [0.3, 0.4) is 0 Å². The minimum absolute atomic E-state index is 1.09. The molecule has 0 aromatic rings. The van der Waals surface area contributed by atoms with Crippen LogP contribution in [-0.4, -0.2) is 25.0 Å². The van der Waals surface area contributed by atoms with E-state index in [0.717, 1.165) is 13.1 Å². The van der Waals surface area contributed by atoms with E-state index in [-0.39, 0.29) is 0 Å². The lowest BCUT2D eigenvalue weighted by atomic mass is 10.2. The summed E-state index contributed by atoms with van der Waals surface area (Å²) in [6.45, 7) is 8.78. The number of nitrogens with zero attached hydrogens (tertiary/aromatic N) is 1. The number of rotatable bonds is 4. The van der Waals surface area contributed by atoms with Gasteiger partial charge in [-0.1, -0.05) is 25.5 Å². The van der Waals surface area contributed by atoms with E-state index in [1.54, 1.807) is 0 Å².